The van der Waals surface area contributed by atoms with Gasteiger partial charge in [-0.25, -0.2) is 9.97 Å². The largest absolute Gasteiger partial charge is 0.488 e. The summed E-state index contributed by atoms with van der Waals surface area (Å²) in [4.78, 5) is 73.9. The summed E-state index contributed by atoms with van der Waals surface area (Å²) in [6.45, 7) is 12.4. The summed E-state index contributed by atoms with van der Waals surface area (Å²) in [7, 11) is 0. The normalized spacial score (nSPS) is 27.1. The predicted octanol–water partition coefficient (Wildman–Crippen LogP) is 2.99. The van der Waals surface area contributed by atoms with Crippen LogP contribution in [0.15, 0.2) is 55.0 Å². The maximum absolute atomic E-state index is 13.7. The van der Waals surface area contributed by atoms with Crippen molar-refractivity contribution in [3.05, 3.63) is 82.9 Å². The van der Waals surface area contributed by atoms with E-state index < -0.39 is 34.9 Å². The first-order valence-electron chi connectivity index (χ1n) is 21.2. The number of benzene rings is 2. The number of nitriles is 1. The first-order chi connectivity index (χ1) is 29.4. The molecule has 16 nitrogen and oxygen atoms in total. The summed E-state index contributed by atoms with van der Waals surface area (Å²) >= 11 is 0. The van der Waals surface area contributed by atoms with E-state index in [1.165, 1.54) is 0 Å². The lowest BCUT2D eigenvalue weighted by Gasteiger charge is -2.66. The van der Waals surface area contributed by atoms with Gasteiger partial charge in [-0.15, -0.1) is 0 Å². The third-order valence-electron chi connectivity index (χ3n) is 14.3. The van der Waals surface area contributed by atoms with Crippen LogP contribution < -0.4 is 25.2 Å². The highest BCUT2D eigenvalue weighted by atomic mass is 16.5. The van der Waals surface area contributed by atoms with Crippen molar-refractivity contribution < 1.29 is 29.0 Å². The molecule has 6 aliphatic rings. The van der Waals surface area contributed by atoms with E-state index >= 15 is 0 Å². The number of rotatable bonds is 7. The molecule has 0 bridgehead atoms. The molecule has 10 rings (SSSR count). The Hall–Kier alpha value is -6.18. The first-order valence-corrected chi connectivity index (χ1v) is 21.2. The fourth-order valence-electron chi connectivity index (χ4n) is 11.2. The minimum atomic E-state index is -1.28. The molecular formula is C45H48N10O6. The van der Waals surface area contributed by atoms with Gasteiger partial charge >= 0.3 is 0 Å². The van der Waals surface area contributed by atoms with E-state index in [1.807, 2.05) is 18.2 Å². The van der Waals surface area contributed by atoms with Gasteiger partial charge in [0.1, 0.15) is 35.7 Å². The van der Waals surface area contributed by atoms with E-state index in [4.69, 9.17) is 4.74 Å². The number of ether oxygens (including phenoxy) is 1. The van der Waals surface area contributed by atoms with E-state index in [2.05, 4.69) is 67.1 Å². The van der Waals surface area contributed by atoms with Crippen LogP contribution in [0, 0.1) is 22.7 Å². The maximum atomic E-state index is 13.7. The van der Waals surface area contributed by atoms with Crippen LogP contribution in [0.5, 0.6) is 5.75 Å². The van der Waals surface area contributed by atoms with E-state index in [-0.39, 0.29) is 42.5 Å². The second-order valence-electron chi connectivity index (χ2n) is 18.1. The number of piperazine rings is 1. The highest BCUT2D eigenvalue weighted by molar-refractivity contribution is 6.22. The highest BCUT2D eigenvalue weighted by Gasteiger charge is 2.69. The van der Waals surface area contributed by atoms with Gasteiger partial charge in [0.2, 0.25) is 5.91 Å². The van der Waals surface area contributed by atoms with Gasteiger partial charge in [-0.3, -0.25) is 34.0 Å². The number of piperidine rings is 2. The lowest BCUT2D eigenvalue weighted by Crippen LogP contribution is -2.78. The number of amides is 4. The Labute approximate surface area is 352 Å². The molecule has 5 atom stereocenters. The van der Waals surface area contributed by atoms with Crippen LogP contribution in [0.2, 0.25) is 0 Å². The number of aliphatic hydroxyl groups is 1. The first kappa shape index (κ1) is 39.0. The molecule has 4 aromatic rings. The number of aliphatic hydroxyl groups excluding tert-OH is 1. The zero-order valence-corrected chi connectivity index (χ0v) is 34.4. The van der Waals surface area contributed by atoms with Crippen LogP contribution in [0.4, 0.5) is 11.5 Å². The summed E-state index contributed by atoms with van der Waals surface area (Å²) in [6.07, 6.45) is 5.91. The smallest absolute Gasteiger partial charge is 0.271 e. The van der Waals surface area contributed by atoms with Crippen molar-refractivity contribution in [2.45, 2.75) is 76.3 Å². The molecule has 0 spiro atoms. The molecular weight excluding hydrogens is 777 g/mol. The van der Waals surface area contributed by atoms with Gasteiger partial charge in [0.25, 0.3) is 17.7 Å². The number of hydrogen-bond donors (Lipinski definition) is 3. The van der Waals surface area contributed by atoms with Crippen LogP contribution in [0.1, 0.15) is 88.8 Å². The van der Waals surface area contributed by atoms with Crippen molar-refractivity contribution in [2.75, 3.05) is 55.6 Å². The molecule has 4 fully saturated rings. The number of pyridine rings is 1. The van der Waals surface area contributed by atoms with Crippen molar-refractivity contribution in [2.24, 2.45) is 11.3 Å². The third kappa shape index (κ3) is 6.19. The molecule has 4 amide bonds. The van der Waals surface area contributed by atoms with Gasteiger partial charge in [0.15, 0.2) is 0 Å². The zero-order valence-electron chi connectivity index (χ0n) is 34.4. The molecule has 0 radical (unpaired) electrons. The summed E-state index contributed by atoms with van der Waals surface area (Å²) in [5.41, 5.74) is 2.97. The van der Waals surface area contributed by atoms with Crippen LogP contribution in [0.3, 0.4) is 0 Å². The second-order valence-corrected chi connectivity index (χ2v) is 18.1. The standard InChI is InChI=1S/C45H48N10O6/c1-44(2)42(45(3)30-10-13-47-37-26(21-46)4-8-33(36(30)37)61-43(44)45)51-38(57)31-22-49-34(23-48-31)54-14-11-25(12-15-54)24-52-16-18-53(19-17-52)27-5-6-28-29(20-27)41(60)55(40(28)59)32-7-9-35(56)50-39(32)58/h4-6,8,10,13,20,22-23,25,32,39,42-43,58H,7,9,11-12,14-19,24H2,1-3H3,(H,50,56)(H,51,57)/t32?,39?,42-,43-,45?/m0/s1. The Balaban J connectivity index is 0.718. The molecule has 3 N–H and O–H groups in total. The number of fused-ring (bicyclic) bond motifs is 3. The lowest BCUT2D eigenvalue weighted by molar-refractivity contribution is -0.131. The van der Waals surface area contributed by atoms with Crippen LogP contribution in [-0.4, -0.2) is 124 Å². The average molecular weight is 825 g/mol. The molecule has 3 saturated heterocycles. The minimum absolute atomic E-state index is 0.145. The molecule has 16 heteroatoms. The van der Waals surface area contributed by atoms with Gasteiger partial charge in [-0.2, -0.15) is 5.26 Å². The van der Waals surface area contributed by atoms with Crippen LogP contribution in [0.25, 0.3) is 10.9 Å². The number of hydrogen-bond acceptors (Lipinski definition) is 13. The number of carbonyl (C=O) groups is 4. The van der Waals surface area contributed by atoms with Gasteiger partial charge < -0.3 is 30.3 Å². The molecule has 61 heavy (non-hydrogen) atoms. The average Bonchev–Trinajstić information content (AvgIpc) is 3.52. The van der Waals surface area contributed by atoms with Crippen molar-refractivity contribution in [1.29, 1.82) is 5.26 Å². The molecule has 1 saturated carbocycles. The van der Waals surface area contributed by atoms with E-state index in [9.17, 15) is 29.5 Å². The zero-order chi connectivity index (χ0) is 42.4. The molecule has 2 aromatic heterocycles. The van der Waals surface area contributed by atoms with Crippen molar-refractivity contribution in [1.82, 2.24) is 35.4 Å². The van der Waals surface area contributed by atoms with Crippen molar-refractivity contribution in [3.8, 4) is 11.8 Å². The third-order valence-corrected chi connectivity index (χ3v) is 14.3. The number of imide groups is 1. The molecule has 5 aliphatic heterocycles. The van der Waals surface area contributed by atoms with Crippen LogP contribution in [-0.2, 0) is 10.2 Å². The molecule has 314 valence electrons. The fourth-order valence-corrected chi connectivity index (χ4v) is 11.2. The summed E-state index contributed by atoms with van der Waals surface area (Å²) in [5, 5.41) is 26.7. The Kier molecular flexibility index (Phi) is 9.26. The Morgan fingerprint density at radius 3 is 2.43 bits per heavy atom. The van der Waals surface area contributed by atoms with Gasteiger partial charge in [-0.05, 0) is 74.1 Å². The summed E-state index contributed by atoms with van der Waals surface area (Å²) in [5.74, 6) is 0.536. The fraction of sp³-hybridized carbons (Fsp3) is 0.467. The lowest BCUT2D eigenvalue weighted by atomic mass is 9.45. The summed E-state index contributed by atoms with van der Waals surface area (Å²) < 4.78 is 6.56. The maximum Gasteiger partial charge on any atom is 0.271 e. The number of aromatic nitrogens is 3. The Morgan fingerprint density at radius 2 is 1.70 bits per heavy atom. The molecule has 2 aromatic carbocycles. The number of carbonyl (C=O) groups excluding carboxylic acids is 4. The Bertz CT molecular complexity index is 2530. The Morgan fingerprint density at radius 1 is 0.934 bits per heavy atom. The minimum Gasteiger partial charge on any atom is -0.488 e. The van der Waals surface area contributed by atoms with Gasteiger partial charge in [-0.1, -0.05) is 13.8 Å². The molecule has 3 unspecified atom stereocenters. The predicted molar refractivity (Wildman–Crippen MR) is 223 cm³/mol. The number of nitrogens with zero attached hydrogens (tertiary/aromatic N) is 8. The SMILES string of the molecule is CC1(C)[C@H](NC(=O)c2cnc(N3CCC(CN4CCN(c5ccc6c(c5)C(=O)N(C5CCC(=O)NC5O)C6=O)CC4)CC3)cn2)C2(C)c3ccnc4c(C#N)ccc(c34)O[C@@H]12. The number of anilines is 2. The number of nitrogens with one attached hydrogen (secondary N) is 2. The van der Waals surface area contributed by atoms with E-state index in [1.54, 1.807) is 36.8 Å². The molecule has 7 heterocycles. The topological polar surface area (TPSA) is 197 Å². The monoisotopic (exact) mass is 824 g/mol. The van der Waals surface area contributed by atoms with Gasteiger partial charge in [0, 0.05) is 74.9 Å². The highest BCUT2D eigenvalue weighted by Crippen LogP contribution is 2.61. The van der Waals surface area contributed by atoms with Crippen molar-refractivity contribution in [3.63, 3.8) is 0 Å². The second kappa shape index (κ2) is 14.5. The van der Waals surface area contributed by atoms with Gasteiger partial charge in [0.05, 0.1) is 52.1 Å². The molecule has 1 aliphatic carbocycles. The quantitative estimate of drug-likeness (QED) is 0.230. The van der Waals surface area contributed by atoms with E-state index in [0.29, 0.717) is 33.9 Å². The summed E-state index contributed by atoms with van der Waals surface area (Å²) in [6, 6.07) is 12.1. The van der Waals surface area contributed by atoms with Crippen molar-refractivity contribution >= 4 is 46.0 Å². The van der Waals surface area contributed by atoms with E-state index in [0.717, 1.165) is 86.0 Å². The van der Waals surface area contributed by atoms with Crippen LogP contribution >= 0.6 is 0 Å².